The summed E-state index contributed by atoms with van der Waals surface area (Å²) in [6.07, 6.45) is 4.29. The Labute approximate surface area is 122 Å². The van der Waals surface area contributed by atoms with Crippen molar-refractivity contribution in [2.45, 2.75) is 51.6 Å². The predicted molar refractivity (Wildman–Crippen MR) is 82.1 cm³/mol. The molecule has 0 amide bonds. The van der Waals surface area contributed by atoms with Gasteiger partial charge in [-0.1, -0.05) is 32.4 Å². The Morgan fingerprint density at radius 3 is 2.75 bits per heavy atom. The van der Waals surface area contributed by atoms with Gasteiger partial charge in [0.15, 0.2) is 9.84 Å². The van der Waals surface area contributed by atoms with Gasteiger partial charge in [0.1, 0.15) is 5.75 Å². The second-order valence-corrected chi connectivity index (χ2v) is 7.99. The predicted octanol–water partition coefficient (Wildman–Crippen LogP) is 3.55. The topological polar surface area (TPSA) is 43.4 Å². The summed E-state index contributed by atoms with van der Waals surface area (Å²) in [5.74, 6) is 1.40. The lowest BCUT2D eigenvalue weighted by Crippen LogP contribution is -2.16. The lowest BCUT2D eigenvalue weighted by molar-refractivity contribution is 0.303. The summed E-state index contributed by atoms with van der Waals surface area (Å²) in [6, 6.07) is 7.86. The molecule has 1 fully saturated rings. The maximum atomic E-state index is 12.0. The Hall–Kier alpha value is -1.03. The number of ether oxygens (including phenoxy) is 1. The summed E-state index contributed by atoms with van der Waals surface area (Å²) in [6.45, 7) is 3.98. The van der Waals surface area contributed by atoms with E-state index in [0.717, 1.165) is 37.0 Å². The molecule has 0 saturated heterocycles. The number of unbranched alkanes of at least 4 members (excludes halogenated alkanes) is 1. The zero-order valence-electron chi connectivity index (χ0n) is 12.3. The highest BCUT2D eigenvalue weighted by Crippen LogP contribution is 2.29. The van der Waals surface area contributed by atoms with Crippen molar-refractivity contribution in [2.75, 3.05) is 11.5 Å². The summed E-state index contributed by atoms with van der Waals surface area (Å²) < 4.78 is 29.8. The fraction of sp³-hybridized carbons (Fsp3) is 0.625. The van der Waals surface area contributed by atoms with Crippen molar-refractivity contribution in [3.63, 3.8) is 0 Å². The van der Waals surface area contributed by atoms with Crippen molar-refractivity contribution in [2.24, 2.45) is 0 Å². The molecule has 0 unspecified atom stereocenters. The largest absolute Gasteiger partial charge is 0.490 e. The Morgan fingerprint density at radius 2 is 2.10 bits per heavy atom. The van der Waals surface area contributed by atoms with Crippen LogP contribution in [0.3, 0.4) is 0 Å². The molecular formula is C16H24O3S. The van der Waals surface area contributed by atoms with E-state index in [1.54, 1.807) is 0 Å². The lowest BCUT2D eigenvalue weighted by atomic mass is 10.0. The molecule has 0 N–H and O–H groups in total. The molecule has 0 aliphatic heterocycles. The van der Waals surface area contributed by atoms with E-state index in [0.29, 0.717) is 11.9 Å². The number of sulfone groups is 1. The van der Waals surface area contributed by atoms with Crippen LogP contribution in [-0.2, 0) is 9.84 Å². The second-order valence-electron chi connectivity index (χ2n) is 5.76. The first-order valence-corrected chi connectivity index (χ1v) is 9.29. The summed E-state index contributed by atoms with van der Waals surface area (Å²) in [5, 5.41) is 0. The third-order valence-corrected chi connectivity index (χ3v) is 5.49. The van der Waals surface area contributed by atoms with Gasteiger partial charge in [-0.15, -0.1) is 0 Å². The molecule has 0 bridgehead atoms. The van der Waals surface area contributed by atoms with Crippen molar-refractivity contribution < 1.29 is 13.2 Å². The van der Waals surface area contributed by atoms with Crippen molar-refractivity contribution >= 4 is 9.84 Å². The molecule has 0 radical (unpaired) electrons. The number of hydrogen-bond acceptors (Lipinski definition) is 3. The third kappa shape index (κ3) is 4.82. The van der Waals surface area contributed by atoms with Crippen LogP contribution in [0.5, 0.6) is 5.75 Å². The monoisotopic (exact) mass is 296 g/mol. The van der Waals surface area contributed by atoms with E-state index in [2.05, 4.69) is 0 Å². The van der Waals surface area contributed by atoms with Crippen LogP contribution in [0.4, 0.5) is 0 Å². The van der Waals surface area contributed by atoms with Crippen molar-refractivity contribution in [1.82, 2.24) is 0 Å². The number of hydrogen-bond donors (Lipinski definition) is 0. The van der Waals surface area contributed by atoms with Crippen LogP contribution in [-0.4, -0.2) is 26.0 Å². The number of benzene rings is 1. The first-order valence-electron chi connectivity index (χ1n) is 7.47. The molecule has 20 heavy (non-hydrogen) atoms. The van der Waals surface area contributed by atoms with E-state index in [1.807, 2.05) is 38.1 Å². The Bertz CT molecular complexity index is 532. The summed E-state index contributed by atoms with van der Waals surface area (Å²) in [4.78, 5) is 0. The van der Waals surface area contributed by atoms with E-state index in [-0.39, 0.29) is 11.7 Å². The molecule has 0 aromatic heterocycles. The first-order chi connectivity index (χ1) is 9.50. The SMILES string of the molecule is CCCCS(=O)(=O)C[C@H](C)c1cccc(OC2CC2)c1. The van der Waals surface area contributed by atoms with Gasteiger partial charge in [-0.3, -0.25) is 0 Å². The molecule has 0 heterocycles. The Balaban J connectivity index is 1.98. The molecular weight excluding hydrogens is 272 g/mol. The van der Waals surface area contributed by atoms with Gasteiger partial charge in [0.05, 0.1) is 17.6 Å². The molecule has 1 aromatic rings. The van der Waals surface area contributed by atoms with Gasteiger partial charge in [0, 0.05) is 0 Å². The Morgan fingerprint density at radius 1 is 1.35 bits per heavy atom. The second kappa shape index (κ2) is 6.61. The number of rotatable bonds is 8. The van der Waals surface area contributed by atoms with E-state index < -0.39 is 9.84 Å². The molecule has 1 atom stereocenters. The van der Waals surface area contributed by atoms with Crippen LogP contribution >= 0.6 is 0 Å². The molecule has 112 valence electrons. The highest BCUT2D eigenvalue weighted by molar-refractivity contribution is 7.91. The summed E-state index contributed by atoms with van der Waals surface area (Å²) in [5.41, 5.74) is 1.04. The molecule has 0 spiro atoms. The minimum atomic E-state index is -2.96. The highest BCUT2D eigenvalue weighted by atomic mass is 32.2. The van der Waals surface area contributed by atoms with Crippen molar-refractivity contribution in [3.05, 3.63) is 29.8 Å². The molecule has 1 aromatic carbocycles. The van der Waals surface area contributed by atoms with Gasteiger partial charge in [-0.05, 0) is 42.9 Å². The van der Waals surface area contributed by atoms with E-state index in [1.165, 1.54) is 0 Å². The van der Waals surface area contributed by atoms with Crippen LogP contribution in [0.1, 0.15) is 51.0 Å². The maximum Gasteiger partial charge on any atom is 0.150 e. The Kier molecular flexibility index (Phi) is 5.08. The van der Waals surface area contributed by atoms with Gasteiger partial charge in [-0.25, -0.2) is 8.42 Å². The summed E-state index contributed by atoms with van der Waals surface area (Å²) >= 11 is 0. The third-order valence-electron chi connectivity index (χ3n) is 3.57. The van der Waals surface area contributed by atoms with Gasteiger partial charge >= 0.3 is 0 Å². The van der Waals surface area contributed by atoms with Gasteiger partial charge in [-0.2, -0.15) is 0 Å². The van der Waals surface area contributed by atoms with E-state index in [9.17, 15) is 8.42 Å². The lowest BCUT2D eigenvalue weighted by Gasteiger charge is -2.14. The van der Waals surface area contributed by atoms with Gasteiger partial charge in [0.25, 0.3) is 0 Å². The minimum absolute atomic E-state index is 0.0135. The van der Waals surface area contributed by atoms with Crippen LogP contribution in [0.15, 0.2) is 24.3 Å². The fourth-order valence-electron chi connectivity index (χ4n) is 2.20. The smallest absolute Gasteiger partial charge is 0.150 e. The van der Waals surface area contributed by atoms with Crippen LogP contribution in [0.25, 0.3) is 0 Å². The zero-order chi connectivity index (χ0) is 14.6. The molecule has 1 aliphatic carbocycles. The fourth-order valence-corrected chi connectivity index (χ4v) is 4.05. The minimum Gasteiger partial charge on any atom is -0.490 e. The van der Waals surface area contributed by atoms with Crippen LogP contribution < -0.4 is 4.74 Å². The van der Waals surface area contributed by atoms with Crippen LogP contribution in [0, 0.1) is 0 Å². The van der Waals surface area contributed by atoms with Gasteiger partial charge in [0.2, 0.25) is 0 Å². The van der Waals surface area contributed by atoms with Gasteiger partial charge < -0.3 is 4.74 Å². The average molecular weight is 296 g/mol. The van der Waals surface area contributed by atoms with Crippen molar-refractivity contribution in [1.29, 1.82) is 0 Å². The molecule has 2 rings (SSSR count). The van der Waals surface area contributed by atoms with Crippen LogP contribution in [0.2, 0.25) is 0 Å². The van der Waals surface area contributed by atoms with E-state index in [4.69, 9.17) is 4.74 Å². The molecule has 3 nitrogen and oxygen atoms in total. The summed E-state index contributed by atoms with van der Waals surface area (Å²) in [7, 11) is -2.96. The normalized spacial score (nSPS) is 16.9. The highest BCUT2D eigenvalue weighted by Gasteiger charge is 2.24. The molecule has 4 heteroatoms. The average Bonchev–Trinajstić information content (AvgIpc) is 3.20. The quantitative estimate of drug-likeness (QED) is 0.737. The molecule has 1 saturated carbocycles. The van der Waals surface area contributed by atoms with E-state index >= 15 is 0 Å². The zero-order valence-corrected chi connectivity index (χ0v) is 13.2. The standard InChI is InChI=1S/C16H24O3S/c1-3-4-10-20(17,18)12-13(2)14-6-5-7-16(11-14)19-15-8-9-15/h5-7,11,13,15H,3-4,8-10,12H2,1-2H3/t13-/m0/s1. The molecule has 1 aliphatic rings. The maximum absolute atomic E-state index is 12.0. The van der Waals surface area contributed by atoms with Crippen molar-refractivity contribution in [3.8, 4) is 5.75 Å². The first kappa shape index (κ1) is 15.4.